The molecule has 0 radical (unpaired) electrons. The number of primary amides is 1. The first-order chi connectivity index (χ1) is 9.83. The molecule has 0 fully saturated rings. The molecule has 0 aromatic heterocycles. The molecule has 1 aromatic rings. The predicted molar refractivity (Wildman–Crippen MR) is 80.9 cm³/mol. The normalized spacial score (nSPS) is 11.5. The van der Waals surface area contributed by atoms with Crippen LogP contribution < -0.4 is 16.4 Å². The van der Waals surface area contributed by atoms with Crippen LogP contribution in [0.15, 0.2) is 22.7 Å². The standard InChI is InChI=1S/C13H16BrN3O4/c1-2-7-5-8(14)3-4-9(7)16-13(21)17-10(12(19)20)6-11(15)18/h3-5,10H,2,6H2,1H3,(H2,15,18)(H,19,20)(H2,16,17,21). The second-order valence-electron chi connectivity index (χ2n) is 4.31. The number of urea groups is 1. The number of benzene rings is 1. The number of amides is 3. The van der Waals surface area contributed by atoms with Gasteiger partial charge in [0.05, 0.1) is 6.42 Å². The number of carbonyl (C=O) groups is 3. The summed E-state index contributed by atoms with van der Waals surface area (Å²) in [5, 5.41) is 13.7. The highest BCUT2D eigenvalue weighted by atomic mass is 79.9. The van der Waals surface area contributed by atoms with E-state index in [-0.39, 0.29) is 0 Å². The van der Waals surface area contributed by atoms with E-state index in [1.54, 1.807) is 12.1 Å². The van der Waals surface area contributed by atoms with Crippen molar-refractivity contribution < 1.29 is 19.5 Å². The fourth-order valence-corrected chi connectivity index (χ4v) is 2.10. The summed E-state index contributed by atoms with van der Waals surface area (Å²) in [6, 6.07) is 3.25. The van der Waals surface area contributed by atoms with Gasteiger partial charge in [-0.2, -0.15) is 0 Å². The number of carboxylic acid groups (broad SMARTS) is 1. The van der Waals surface area contributed by atoms with Gasteiger partial charge < -0.3 is 21.5 Å². The molecular weight excluding hydrogens is 342 g/mol. The zero-order chi connectivity index (χ0) is 16.0. The Hall–Kier alpha value is -2.09. The maximum Gasteiger partial charge on any atom is 0.326 e. The van der Waals surface area contributed by atoms with Gasteiger partial charge in [-0.3, -0.25) is 4.79 Å². The van der Waals surface area contributed by atoms with Gasteiger partial charge in [0.2, 0.25) is 5.91 Å². The number of anilines is 1. The molecule has 0 spiro atoms. The first-order valence-corrected chi connectivity index (χ1v) is 6.99. The Labute approximate surface area is 130 Å². The average molecular weight is 358 g/mol. The summed E-state index contributed by atoms with van der Waals surface area (Å²) in [4.78, 5) is 33.5. The number of carbonyl (C=O) groups excluding carboxylic acids is 2. The molecular formula is C13H16BrN3O4. The molecule has 21 heavy (non-hydrogen) atoms. The number of carboxylic acids is 1. The SMILES string of the molecule is CCc1cc(Br)ccc1NC(=O)NC(CC(N)=O)C(=O)O. The van der Waals surface area contributed by atoms with Crippen molar-refractivity contribution in [2.45, 2.75) is 25.8 Å². The van der Waals surface area contributed by atoms with E-state index in [2.05, 4.69) is 26.6 Å². The van der Waals surface area contributed by atoms with Crippen molar-refractivity contribution in [3.8, 4) is 0 Å². The van der Waals surface area contributed by atoms with Gasteiger partial charge in [-0.05, 0) is 30.2 Å². The van der Waals surface area contributed by atoms with Crippen LogP contribution in [0, 0.1) is 0 Å². The van der Waals surface area contributed by atoms with Crippen LogP contribution in [0.2, 0.25) is 0 Å². The Morgan fingerprint density at radius 2 is 2.05 bits per heavy atom. The monoisotopic (exact) mass is 357 g/mol. The van der Waals surface area contributed by atoms with Crippen molar-refractivity contribution in [2.75, 3.05) is 5.32 Å². The highest BCUT2D eigenvalue weighted by Crippen LogP contribution is 2.21. The van der Waals surface area contributed by atoms with Gasteiger partial charge >= 0.3 is 12.0 Å². The summed E-state index contributed by atoms with van der Waals surface area (Å²) in [7, 11) is 0. The zero-order valence-electron chi connectivity index (χ0n) is 11.4. The van der Waals surface area contributed by atoms with Gasteiger partial charge in [0.1, 0.15) is 6.04 Å². The Kier molecular flexibility index (Phi) is 6.16. The molecule has 1 unspecified atom stereocenters. The number of hydrogen-bond donors (Lipinski definition) is 4. The zero-order valence-corrected chi connectivity index (χ0v) is 12.9. The van der Waals surface area contributed by atoms with Crippen molar-refractivity contribution in [2.24, 2.45) is 5.73 Å². The summed E-state index contributed by atoms with van der Waals surface area (Å²) in [5.41, 5.74) is 6.40. The van der Waals surface area contributed by atoms with E-state index < -0.39 is 30.4 Å². The van der Waals surface area contributed by atoms with Crippen molar-refractivity contribution in [3.05, 3.63) is 28.2 Å². The summed E-state index contributed by atoms with van der Waals surface area (Å²) in [6.45, 7) is 1.93. The Bertz CT molecular complexity index is 562. The third-order valence-corrected chi connectivity index (χ3v) is 3.20. The lowest BCUT2D eigenvalue weighted by molar-refractivity contribution is -0.140. The minimum absolute atomic E-state index is 0.469. The summed E-state index contributed by atoms with van der Waals surface area (Å²) in [6.07, 6.45) is 0.225. The third kappa shape index (κ3) is 5.42. The van der Waals surface area contributed by atoms with Crippen molar-refractivity contribution in [3.63, 3.8) is 0 Å². The maximum atomic E-state index is 11.8. The van der Waals surface area contributed by atoms with E-state index in [1.807, 2.05) is 13.0 Å². The predicted octanol–water partition coefficient (Wildman–Crippen LogP) is 1.46. The van der Waals surface area contributed by atoms with Gasteiger partial charge in [0.15, 0.2) is 0 Å². The number of aryl methyl sites for hydroxylation is 1. The smallest absolute Gasteiger partial charge is 0.326 e. The van der Waals surface area contributed by atoms with Crippen LogP contribution >= 0.6 is 15.9 Å². The molecule has 0 saturated carbocycles. The number of nitrogens with one attached hydrogen (secondary N) is 2. The fourth-order valence-electron chi connectivity index (χ4n) is 1.69. The maximum absolute atomic E-state index is 11.8. The highest BCUT2D eigenvalue weighted by Gasteiger charge is 2.22. The Morgan fingerprint density at radius 1 is 1.38 bits per heavy atom. The molecule has 0 bridgehead atoms. The number of rotatable bonds is 6. The molecule has 114 valence electrons. The Morgan fingerprint density at radius 3 is 2.57 bits per heavy atom. The first kappa shape index (κ1) is 17.0. The second kappa shape index (κ2) is 7.63. The topological polar surface area (TPSA) is 122 Å². The van der Waals surface area contributed by atoms with Gasteiger partial charge in [-0.15, -0.1) is 0 Å². The molecule has 0 heterocycles. The van der Waals surface area contributed by atoms with Gasteiger partial charge in [0, 0.05) is 10.2 Å². The van der Waals surface area contributed by atoms with Gasteiger partial charge in [-0.1, -0.05) is 22.9 Å². The van der Waals surface area contributed by atoms with Crippen LogP contribution in [0.4, 0.5) is 10.5 Å². The molecule has 3 amide bonds. The van der Waals surface area contributed by atoms with Crippen molar-refractivity contribution in [1.29, 1.82) is 0 Å². The fraction of sp³-hybridized carbons (Fsp3) is 0.308. The van der Waals surface area contributed by atoms with Gasteiger partial charge in [0.25, 0.3) is 0 Å². The lowest BCUT2D eigenvalue weighted by Crippen LogP contribution is -2.45. The summed E-state index contributed by atoms with van der Waals surface area (Å²) >= 11 is 3.33. The molecule has 0 aliphatic carbocycles. The third-order valence-electron chi connectivity index (χ3n) is 2.71. The minimum atomic E-state index is -1.36. The van der Waals surface area contributed by atoms with Crippen LogP contribution in [-0.2, 0) is 16.0 Å². The van der Waals surface area contributed by atoms with E-state index in [0.717, 1.165) is 10.0 Å². The Balaban J connectivity index is 2.76. The molecule has 1 atom stereocenters. The van der Waals surface area contributed by atoms with E-state index in [4.69, 9.17) is 10.8 Å². The molecule has 1 rings (SSSR count). The molecule has 0 saturated heterocycles. The molecule has 5 N–H and O–H groups in total. The summed E-state index contributed by atoms with van der Waals surface area (Å²) < 4.78 is 0.877. The van der Waals surface area contributed by atoms with Crippen molar-refractivity contribution in [1.82, 2.24) is 5.32 Å². The lowest BCUT2D eigenvalue weighted by atomic mass is 10.1. The molecule has 7 nitrogen and oxygen atoms in total. The van der Waals surface area contributed by atoms with E-state index in [0.29, 0.717) is 12.1 Å². The van der Waals surface area contributed by atoms with Crippen LogP contribution in [0.3, 0.4) is 0 Å². The first-order valence-electron chi connectivity index (χ1n) is 6.20. The van der Waals surface area contributed by atoms with E-state index in [9.17, 15) is 14.4 Å². The number of halogens is 1. The molecule has 0 aliphatic rings. The quantitative estimate of drug-likeness (QED) is 0.615. The molecule has 8 heteroatoms. The molecule has 0 aliphatic heterocycles. The largest absolute Gasteiger partial charge is 0.480 e. The lowest BCUT2D eigenvalue weighted by Gasteiger charge is -2.15. The highest BCUT2D eigenvalue weighted by molar-refractivity contribution is 9.10. The number of nitrogens with two attached hydrogens (primary N) is 1. The van der Waals surface area contributed by atoms with Crippen LogP contribution in [0.1, 0.15) is 18.9 Å². The number of aliphatic carboxylic acids is 1. The summed E-state index contributed by atoms with van der Waals surface area (Å²) in [5.74, 6) is -2.13. The number of hydrogen-bond acceptors (Lipinski definition) is 3. The van der Waals surface area contributed by atoms with E-state index in [1.165, 1.54) is 0 Å². The van der Waals surface area contributed by atoms with Crippen LogP contribution in [0.25, 0.3) is 0 Å². The second-order valence-corrected chi connectivity index (χ2v) is 5.23. The van der Waals surface area contributed by atoms with Gasteiger partial charge in [-0.25, -0.2) is 9.59 Å². The van der Waals surface area contributed by atoms with Crippen LogP contribution in [0.5, 0.6) is 0 Å². The van der Waals surface area contributed by atoms with Crippen LogP contribution in [-0.4, -0.2) is 29.1 Å². The molecule has 1 aromatic carbocycles. The van der Waals surface area contributed by atoms with E-state index >= 15 is 0 Å². The minimum Gasteiger partial charge on any atom is -0.480 e. The average Bonchev–Trinajstić information content (AvgIpc) is 2.39. The van der Waals surface area contributed by atoms with Crippen molar-refractivity contribution >= 4 is 39.5 Å².